The summed E-state index contributed by atoms with van der Waals surface area (Å²) < 4.78 is 38.9. The highest BCUT2D eigenvalue weighted by Crippen LogP contribution is 2.34. The van der Waals surface area contributed by atoms with Crippen molar-refractivity contribution in [1.82, 2.24) is 15.5 Å². The summed E-state index contributed by atoms with van der Waals surface area (Å²) in [5, 5.41) is 5.08. The minimum Gasteiger partial charge on any atom is -0.352 e. The average Bonchev–Trinajstić information content (AvgIpc) is 2.78. The lowest BCUT2D eigenvalue weighted by atomic mass is 9.90. The Labute approximate surface area is 155 Å². The Morgan fingerprint density at radius 2 is 1.89 bits per heavy atom. The van der Waals surface area contributed by atoms with Gasteiger partial charge in [0, 0.05) is 6.04 Å². The molecule has 27 heavy (non-hydrogen) atoms. The van der Waals surface area contributed by atoms with Crippen LogP contribution in [0.3, 0.4) is 0 Å². The van der Waals surface area contributed by atoms with Gasteiger partial charge in [-0.05, 0) is 37.5 Å². The van der Waals surface area contributed by atoms with Gasteiger partial charge in [0.25, 0.3) is 5.91 Å². The zero-order valence-corrected chi connectivity index (χ0v) is 15.5. The van der Waals surface area contributed by atoms with Gasteiger partial charge in [0.05, 0.1) is 5.56 Å². The second-order valence-corrected chi connectivity index (χ2v) is 7.13. The van der Waals surface area contributed by atoms with Gasteiger partial charge in [0.2, 0.25) is 5.91 Å². The van der Waals surface area contributed by atoms with Crippen LogP contribution < -0.4 is 10.6 Å². The van der Waals surface area contributed by atoms with E-state index in [0.717, 1.165) is 12.1 Å². The second-order valence-electron chi connectivity index (χ2n) is 7.13. The van der Waals surface area contributed by atoms with Crippen molar-refractivity contribution in [2.24, 2.45) is 5.92 Å². The van der Waals surface area contributed by atoms with Crippen LogP contribution in [0.2, 0.25) is 0 Å². The first-order valence-corrected chi connectivity index (χ1v) is 8.47. The maximum atomic E-state index is 13.0. The molecule has 2 rings (SSSR count). The lowest BCUT2D eigenvalue weighted by molar-refractivity contribution is -0.138. The Balaban J connectivity index is 2.23. The van der Waals surface area contributed by atoms with Gasteiger partial charge < -0.3 is 10.6 Å². The third-order valence-electron chi connectivity index (χ3n) is 4.73. The standard InChI is InChI=1S/C18H22F3N3O3/c1-10(2)11(3)22-14(25)9-24-15(26)17(4,23-16(24)27)12-6-5-7-13(8-12)18(19,20)21/h5-8,10-11H,9H2,1-4H3,(H,22,25)(H,23,27)/t11-,17+/m1/s1. The Bertz CT molecular complexity index is 764. The highest BCUT2D eigenvalue weighted by molar-refractivity contribution is 6.09. The predicted octanol–water partition coefficient (Wildman–Crippen LogP) is 2.63. The van der Waals surface area contributed by atoms with E-state index in [4.69, 9.17) is 0 Å². The summed E-state index contributed by atoms with van der Waals surface area (Å²) in [5.74, 6) is -1.14. The number of nitrogens with one attached hydrogen (secondary N) is 2. The third-order valence-corrected chi connectivity index (χ3v) is 4.73. The lowest BCUT2D eigenvalue weighted by Gasteiger charge is -2.23. The van der Waals surface area contributed by atoms with Crippen molar-refractivity contribution in [1.29, 1.82) is 0 Å². The van der Waals surface area contributed by atoms with Crippen LogP contribution in [0.25, 0.3) is 0 Å². The van der Waals surface area contributed by atoms with Gasteiger partial charge in [-0.1, -0.05) is 26.0 Å². The zero-order chi connectivity index (χ0) is 20.6. The second kappa shape index (κ2) is 7.21. The van der Waals surface area contributed by atoms with E-state index in [9.17, 15) is 27.6 Å². The number of hydrogen-bond acceptors (Lipinski definition) is 3. The molecule has 1 heterocycles. The molecule has 1 saturated heterocycles. The predicted molar refractivity (Wildman–Crippen MR) is 91.5 cm³/mol. The molecule has 0 aromatic heterocycles. The van der Waals surface area contributed by atoms with Crippen LogP contribution in [0.15, 0.2) is 24.3 Å². The molecule has 6 nitrogen and oxygen atoms in total. The molecule has 0 aliphatic carbocycles. The monoisotopic (exact) mass is 385 g/mol. The molecule has 2 atom stereocenters. The summed E-state index contributed by atoms with van der Waals surface area (Å²) in [6.45, 7) is 6.42. The fraction of sp³-hybridized carbons (Fsp3) is 0.500. The largest absolute Gasteiger partial charge is 0.416 e. The number of halogens is 3. The van der Waals surface area contributed by atoms with Crippen molar-refractivity contribution >= 4 is 17.8 Å². The SMILES string of the molecule is CC(C)[C@@H](C)NC(=O)CN1C(=O)N[C@@](C)(c2cccc(C(F)(F)F)c2)C1=O. The van der Waals surface area contributed by atoms with E-state index < -0.39 is 41.7 Å². The molecular formula is C18H22F3N3O3. The number of imide groups is 1. The summed E-state index contributed by atoms with van der Waals surface area (Å²) in [5.41, 5.74) is -2.61. The molecule has 0 bridgehead atoms. The normalized spacial score (nSPS) is 21.4. The summed E-state index contributed by atoms with van der Waals surface area (Å²) in [7, 11) is 0. The number of benzene rings is 1. The van der Waals surface area contributed by atoms with E-state index >= 15 is 0 Å². The van der Waals surface area contributed by atoms with Gasteiger partial charge in [-0.2, -0.15) is 13.2 Å². The Kier molecular flexibility index (Phi) is 5.53. The number of alkyl halides is 3. The lowest BCUT2D eigenvalue weighted by Crippen LogP contribution is -2.46. The van der Waals surface area contributed by atoms with Crippen molar-refractivity contribution in [2.45, 2.75) is 45.5 Å². The quantitative estimate of drug-likeness (QED) is 0.765. The minimum absolute atomic E-state index is 0.00543. The summed E-state index contributed by atoms with van der Waals surface area (Å²) in [6.07, 6.45) is -4.58. The fourth-order valence-corrected chi connectivity index (χ4v) is 2.65. The topological polar surface area (TPSA) is 78.5 Å². The van der Waals surface area contributed by atoms with Crippen LogP contribution in [0.5, 0.6) is 0 Å². The fourth-order valence-electron chi connectivity index (χ4n) is 2.65. The van der Waals surface area contributed by atoms with Crippen molar-refractivity contribution < 1.29 is 27.6 Å². The molecule has 2 N–H and O–H groups in total. The summed E-state index contributed by atoms with van der Waals surface area (Å²) in [6, 6.07) is 3.22. The molecule has 9 heteroatoms. The highest BCUT2D eigenvalue weighted by Gasteiger charge is 2.50. The number of carbonyl (C=O) groups is 3. The molecule has 0 radical (unpaired) electrons. The van der Waals surface area contributed by atoms with E-state index in [1.165, 1.54) is 19.1 Å². The van der Waals surface area contributed by atoms with Crippen molar-refractivity contribution in [3.8, 4) is 0 Å². The molecule has 0 spiro atoms. The van der Waals surface area contributed by atoms with Crippen molar-refractivity contribution in [3.05, 3.63) is 35.4 Å². The number of carbonyl (C=O) groups excluding carboxylic acids is 3. The molecule has 1 fully saturated rings. The van der Waals surface area contributed by atoms with Gasteiger partial charge in [-0.3, -0.25) is 14.5 Å². The Hall–Kier alpha value is -2.58. The number of rotatable bonds is 5. The van der Waals surface area contributed by atoms with Crippen LogP contribution in [0.1, 0.15) is 38.8 Å². The molecule has 4 amide bonds. The molecule has 1 aliphatic heterocycles. The van der Waals surface area contributed by atoms with Crippen LogP contribution in [0, 0.1) is 5.92 Å². The van der Waals surface area contributed by atoms with E-state index in [2.05, 4.69) is 10.6 Å². The number of amides is 4. The smallest absolute Gasteiger partial charge is 0.352 e. The van der Waals surface area contributed by atoms with E-state index in [1.54, 1.807) is 6.92 Å². The maximum absolute atomic E-state index is 13.0. The van der Waals surface area contributed by atoms with Gasteiger partial charge in [0.15, 0.2) is 0 Å². The molecule has 0 saturated carbocycles. The van der Waals surface area contributed by atoms with E-state index in [-0.39, 0.29) is 17.5 Å². The number of hydrogen-bond donors (Lipinski definition) is 2. The van der Waals surface area contributed by atoms with Gasteiger partial charge >= 0.3 is 12.2 Å². The molecular weight excluding hydrogens is 363 g/mol. The zero-order valence-electron chi connectivity index (χ0n) is 15.5. The first-order chi connectivity index (χ1) is 12.4. The Morgan fingerprint density at radius 3 is 2.44 bits per heavy atom. The summed E-state index contributed by atoms with van der Waals surface area (Å²) >= 11 is 0. The molecule has 0 unspecified atom stereocenters. The number of nitrogens with zero attached hydrogens (tertiary/aromatic N) is 1. The van der Waals surface area contributed by atoms with E-state index in [1.807, 2.05) is 13.8 Å². The van der Waals surface area contributed by atoms with Gasteiger partial charge in [0.1, 0.15) is 12.1 Å². The van der Waals surface area contributed by atoms with Crippen LogP contribution in [-0.4, -0.2) is 35.3 Å². The van der Waals surface area contributed by atoms with Gasteiger partial charge in [-0.25, -0.2) is 4.79 Å². The van der Waals surface area contributed by atoms with Crippen molar-refractivity contribution in [2.75, 3.05) is 6.54 Å². The van der Waals surface area contributed by atoms with Gasteiger partial charge in [-0.15, -0.1) is 0 Å². The number of urea groups is 1. The minimum atomic E-state index is -4.58. The molecule has 1 aromatic carbocycles. The van der Waals surface area contributed by atoms with Crippen LogP contribution in [-0.2, 0) is 21.3 Å². The third kappa shape index (κ3) is 4.23. The van der Waals surface area contributed by atoms with Crippen LogP contribution in [0.4, 0.5) is 18.0 Å². The average molecular weight is 385 g/mol. The molecule has 1 aliphatic rings. The first kappa shape index (κ1) is 20.7. The van der Waals surface area contributed by atoms with E-state index in [0.29, 0.717) is 4.90 Å². The first-order valence-electron chi connectivity index (χ1n) is 8.47. The van der Waals surface area contributed by atoms with Crippen molar-refractivity contribution in [3.63, 3.8) is 0 Å². The molecule has 1 aromatic rings. The summed E-state index contributed by atoms with van der Waals surface area (Å²) in [4.78, 5) is 37.8. The maximum Gasteiger partial charge on any atom is 0.416 e. The molecule has 148 valence electrons. The highest BCUT2D eigenvalue weighted by atomic mass is 19.4. The van der Waals surface area contributed by atoms with Crippen LogP contribution >= 0.6 is 0 Å². The Morgan fingerprint density at radius 1 is 1.26 bits per heavy atom.